The molecule has 12 heteroatoms. The summed E-state index contributed by atoms with van der Waals surface area (Å²) in [6, 6.07) is 7.42. The number of benzene rings is 1. The van der Waals surface area contributed by atoms with Crippen molar-refractivity contribution in [3.63, 3.8) is 0 Å². The fraction of sp³-hybridized carbons (Fsp3) is 0.409. The Bertz CT molecular complexity index is 1280. The second-order valence-corrected chi connectivity index (χ2v) is 9.03. The lowest BCUT2D eigenvalue weighted by atomic mass is 9.80. The van der Waals surface area contributed by atoms with Crippen LogP contribution in [0.4, 0.5) is 18.0 Å². The van der Waals surface area contributed by atoms with Gasteiger partial charge in [-0.15, -0.1) is 13.2 Å². The predicted octanol–water partition coefficient (Wildman–Crippen LogP) is 3.94. The Kier molecular flexibility index (Phi) is 5.38. The van der Waals surface area contributed by atoms with Crippen molar-refractivity contribution in [1.82, 2.24) is 24.4 Å². The monoisotopic (exact) mass is 474 g/mol. The molecule has 0 N–H and O–H groups in total. The maximum absolute atomic E-state index is 12.5. The number of amides is 1. The average molecular weight is 474 g/mol. The zero-order chi connectivity index (χ0) is 24.9. The SMILES string of the molecule is Cn1cnc2c(-c3ccc(OC(F)(F)F)cc3)nc(C3(C#N)CN(C(=O)OC(C)(C)C)C3)nc21. The van der Waals surface area contributed by atoms with E-state index in [0.29, 0.717) is 22.4 Å². The van der Waals surface area contributed by atoms with Crippen LogP contribution in [0.2, 0.25) is 0 Å². The largest absolute Gasteiger partial charge is 0.573 e. The van der Waals surface area contributed by atoms with Gasteiger partial charge in [-0.2, -0.15) is 5.26 Å². The fourth-order valence-corrected chi connectivity index (χ4v) is 3.56. The molecule has 3 aromatic rings. The van der Waals surface area contributed by atoms with Gasteiger partial charge in [0.05, 0.1) is 25.5 Å². The lowest BCUT2D eigenvalue weighted by Gasteiger charge is -2.44. The van der Waals surface area contributed by atoms with Crippen LogP contribution in [0, 0.1) is 11.3 Å². The highest BCUT2D eigenvalue weighted by Gasteiger charge is 2.51. The number of nitriles is 1. The number of carbonyl (C=O) groups excluding carboxylic acids is 1. The number of carbonyl (C=O) groups is 1. The molecule has 1 aromatic carbocycles. The lowest BCUT2D eigenvalue weighted by Crippen LogP contribution is -2.62. The maximum Gasteiger partial charge on any atom is 0.573 e. The summed E-state index contributed by atoms with van der Waals surface area (Å²) in [5.74, 6) is -0.181. The van der Waals surface area contributed by atoms with Gasteiger partial charge in [0, 0.05) is 12.6 Å². The van der Waals surface area contributed by atoms with Crippen molar-refractivity contribution in [2.45, 2.75) is 38.1 Å². The first kappa shape index (κ1) is 23.3. The summed E-state index contributed by atoms with van der Waals surface area (Å²) >= 11 is 0. The molecule has 0 unspecified atom stereocenters. The number of hydrogen-bond donors (Lipinski definition) is 0. The van der Waals surface area contributed by atoms with Crippen LogP contribution in [-0.2, 0) is 17.2 Å². The van der Waals surface area contributed by atoms with Gasteiger partial charge in [-0.05, 0) is 45.0 Å². The van der Waals surface area contributed by atoms with Crippen molar-refractivity contribution >= 4 is 17.3 Å². The summed E-state index contributed by atoms with van der Waals surface area (Å²) in [4.78, 5) is 27.2. The van der Waals surface area contributed by atoms with E-state index in [2.05, 4.69) is 25.8 Å². The Morgan fingerprint density at radius 3 is 2.35 bits per heavy atom. The van der Waals surface area contributed by atoms with E-state index >= 15 is 0 Å². The van der Waals surface area contributed by atoms with Crippen molar-refractivity contribution in [2.24, 2.45) is 7.05 Å². The Balaban J connectivity index is 1.70. The number of rotatable bonds is 3. The minimum absolute atomic E-state index is 0.0412. The summed E-state index contributed by atoms with van der Waals surface area (Å²) in [5.41, 5.74) is -0.152. The first-order chi connectivity index (χ1) is 15.8. The summed E-state index contributed by atoms with van der Waals surface area (Å²) in [7, 11) is 1.73. The highest BCUT2D eigenvalue weighted by atomic mass is 19.4. The highest BCUT2D eigenvalue weighted by molar-refractivity contribution is 5.87. The zero-order valence-corrected chi connectivity index (χ0v) is 18.8. The second-order valence-electron chi connectivity index (χ2n) is 9.03. The summed E-state index contributed by atoms with van der Waals surface area (Å²) in [6.45, 7) is 5.33. The van der Waals surface area contributed by atoms with Crippen molar-refractivity contribution in [3.05, 3.63) is 36.4 Å². The molecular formula is C22H21F3N6O3. The van der Waals surface area contributed by atoms with E-state index in [1.807, 2.05) is 0 Å². The number of ether oxygens (including phenoxy) is 2. The van der Waals surface area contributed by atoms with Crippen LogP contribution < -0.4 is 4.74 Å². The number of likely N-dealkylation sites (tertiary alicyclic amines) is 1. The molecule has 0 atom stereocenters. The first-order valence-electron chi connectivity index (χ1n) is 10.3. The van der Waals surface area contributed by atoms with Gasteiger partial charge in [0.2, 0.25) is 0 Å². The highest BCUT2D eigenvalue weighted by Crippen LogP contribution is 2.36. The average Bonchev–Trinajstić information content (AvgIpc) is 3.06. The van der Waals surface area contributed by atoms with Gasteiger partial charge >= 0.3 is 12.5 Å². The zero-order valence-electron chi connectivity index (χ0n) is 18.8. The molecule has 178 valence electrons. The Morgan fingerprint density at radius 1 is 1.15 bits per heavy atom. The van der Waals surface area contributed by atoms with Gasteiger partial charge < -0.3 is 18.9 Å². The number of fused-ring (bicyclic) bond motifs is 1. The predicted molar refractivity (Wildman–Crippen MR) is 114 cm³/mol. The van der Waals surface area contributed by atoms with Gasteiger partial charge in [-0.1, -0.05) is 0 Å². The number of aryl methyl sites for hydroxylation is 1. The number of alkyl halides is 3. The van der Waals surface area contributed by atoms with Crippen molar-refractivity contribution in [1.29, 1.82) is 5.26 Å². The molecule has 34 heavy (non-hydrogen) atoms. The molecule has 1 fully saturated rings. The fourth-order valence-electron chi connectivity index (χ4n) is 3.56. The number of hydrogen-bond acceptors (Lipinski definition) is 7. The summed E-state index contributed by atoms with van der Waals surface area (Å²) < 4.78 is 48.4. The number of aromatic nitrogens is 4. The van der Waals surface area contributed by atoms with E-state index in [9.17, 15) is 23.2 Å². The normalized spacial score (nSPS) is 15.5. The molecule has 0 saturated carbocycles. The number of halogens is 3. The third kappa shape index (κ3) is 4.46. The van der Waals surface area contributed by atoms with Crippen LogP contribution in [-0.4, -0.2) is 55.6 Å². The van der Waals surface area contributed by atoms with E-state index in [-0.39, 0.29) is 24.7 Å². The Labute approximate surface area is 192 Å². The van der Waals surface area contributed by atoms with Gasteiger partial charge in [-0.3, -0.25) is 0 Å². The molecular weight excluding hydrogens is 453 g/mol. The van der Waals surface area contributed by atoms with Crippen molar-refractivity contribution < 1.29 is 27.4 Å². The summed E-state index contributed by atoms with van der Waals surface area (Å²) in [5, 5.41) is 9.97. The molecule has 0 bridgehead atoms. The van der Waals surface area contributed by atoms with E-state index in [1.54, 1.807) is 32.4 Å². The third-order valence-electron chi connectivity index (χ3n) is 5.14. The molecule has 1 aliphatic heterocycles. The molecule has 1 aliphatic rings. The van der Waals surface area contributed by atoms with Crippen molar-refractivity contribution in [2.75, 3.05) is 13.1 Å². The van der Waals surface area contributed by atoms with Crippen LogP contribution in [0.1, 0.15) is 26.6 Å². The minimum Gasteiger partial charge on any atom is -0.444 e. The maximum atomic E-state index is 12.5. The second kappa shape index (κ2) is 7.86. The molecule has 0 aliphatic carbocycles. The molecule has 1 amide bonds. The lowest BCUT2D eigenvalue weighted by molar-refractivity contribution is -0.274. The van der Waals surface area contributed by atoms with Crippen LogP contribution in [0.5, 0.6) is 5.75 Å². The molecule has 2 aromatic heterocycles. The van der Waals surface area contributed by atoms with E-state index in [1.165, 1.54) is 35.5 Å². The van der Waals surface area contributed by atoms with E-state index in [4.69, 9.17) is 4.74 Å². The number of nitrogens with zero attached hydrogens (tertiary/aromatic N) is 6. The standard InChI is InChI=1S/C22H21F3N6O3/c1-20(2,3)34-19(32)31-10-21(9-26,11-31)18-28-15(16-17(29-18)30(4)12-27-16)13-5-7-14(8-6-13)33-22(23,24)25/h5-8,12H,10-11H2,1-4H3. The molecule has 3 heterocycles. The van der Waals surface area contributed by atoms with E-state index < -0.39 is 23.5 Å². The molecule has 4 rings (SSSR count). The molecule has 0 radical (unpaired) electrons. The molecule has 0 spiro atoms. The minimum atomic E-state index is -4.80. The molecule has 9 nitrogen and oxygen atoms in total. The number of imidazole rings is 1. The van der Waals surface area contributed by atoms with Gasteiger partial charge in [0.25, 0.3) is 0 Å². The quantitative estimate of drug-likeness (QED) is 0.566. The van der Waals surface area contributed by atoms with Crippen LogP contribution in [0.25, 0.3) is 22.4 Å². The van der Waals surface area contributed by atoms with Crippen LogP contribution in [0.3, 0.4) is 0 Å². The third-order valence-corrected chi connectivity index (χ3v) is 5.14. The van der Waals surface area contributed by atoms with Gasteiger partial charge in [0.1, 0.15) is 22.6 Å². The topological polar surface area (TPSA) is 106 Å². The van der Waals surface area contributed by atoms with Crippen LogP contribution >= 0.6 is 0 Å². The Morgan fingerprint density at radius 2 is 1.79 bits per heavy atom. The van der Waals surface area contributed by atoms with Crippen molar-refractivity contribution in [3.8, 4) is 23.1 Å². The first-order valence-corrected chi connectivity index (χ1v) is 10.3. The van der Waals surface area contributed by atoms with Gasteiger partial charge in [-0.25, -0.2) is 19.7 Å². The van der Waals surface area contributed by atoms with E-state index in [0.717, 1.165) is 0 Å². The summed E-state index contributed by atoms with van der Waals surface area (Å²) in [6.07, 6.45) is -3.82. The van der Waals surface area contributed by atoms with Gasteiger partial charge in [0.15, 0.2) is 16.9 Å². The molecule has 1 saturated heterocycles. The smallest absolute Gasteiger partial charge is 0.444 e. The Hall–Kier alpha value is -3.88. The van der Waals surface area contributed by atoms with Crippen LogP contribution in [0.15, 0.2) is 30.6 Å².